The van der Waals surface area contributed by atoms with E-state index in [1.807, 2.05) is 12.1 Å². The van der Waals surface area contributed by atoms with Crippen molar-refractivity contribution in [3.63, 3.8) is 0 Å². The topological polar surface area (TPSA) is 80.5 Å². The molecule has 1 unspecified atom stereocenters. The monoisotopic (exact) mass is 342 g/mol. The molecule has 7 heteroatoms. The van der Waals surface area contributed by atoms with Crippen LogP contribution < -0.4 is 5.32 Å². The number of nitrogens with one attached hydrogen (secondary N) is 1. The highest BCUT2D eigenvalue weighted by atomic mass is 16.5. The van der Waals surface area contributed by atoms with Crippen LogP contribution in [0.15, 0.2) is 35.1 Å². The van der Waals surface area contributed by atoms with Gasteiger partial charge in [0.05, 0.1) is 25.9 Å². The van der Waals surface area contributed by atoms with E-state index < -0.39 is 0 Å². The first-order chi connectivity index (χ1) is 12.3. The zero-order valence-electron chi connectivity index (χ0n) is 14.1. The molecule has 1 atom stereocenters. The number of furan rings is 1. The maximum absolute atomic E-state index is 12.7. The smallest absolute Gasteiger partial charge is 0.230 e. The number of carbonyl (C=O) groups is 1. The molecule has 1 aliphatic carbocycles. The number of ether oxygens (including phenoxy) is 1. The summed E-state index contributed by atoms with van der Waals surface area (Å²) in [6, 6.07) is 5.20. The van der Waals surface area contributed by atoms with Gasteiger partial charge in [0.1, 0.15) is 17.6 Å². The lowest BCUT2D eigenvalue weighted by molar-refractivity contribution is -0.140. The maximum Gasteiger partial charge on any atom is 0.230 e. The van der Waals surface area contributed by atoms with Crippen LogP contribution in [0.5, 0.6) is 0 Å². The van der Waals surface area contributed by atoms with Crippen LogP contribution in [-0.4, -0.2) is 47.1 Å². The Kier molecular flexibility index (Phi) is 4.65. The SMILES string of the molecule is O=C(Cc1ccco1)N1CCOCC1c1nccc(NCC2CC2)n1. The molecule has 3 heterocycles. The summed E-state index contributed by atoms with van der Waals surface area (Å²) >= 11 is 0. The van der Waals surface area contributed by atoms with Gasteiger partial charge in [-0.25, -0.2) is 9.97 Å². The van der Waals surface area contributed by atoms with Gasteiger partial charge in [0.2, 0.25) is 5.91 Å². The summed E-state index contributed by atoms with van der Waals surface area (Å²) < 4.78 is 10.9. The van der Waals surface area contributed by atoms with E-state index in [-0.39, 0.29) is 18.4 Å². The Hall–Kier alpha value is -2.41. The average molecular weight is 342 g/mol. The van der Waals surface area contributed by atoms with Crippen LogP contribution in [0.2, 0.25) is 0 Å². The number of morpholine rings is 1. The number of rotatable bonds is 6. The van der Waals surface area contributed by atoms with E-state index in [4.69, 9.17) is 9.15 Å². The number of hydrogen-bond donors (Lipinski definition) is 1. The van der Waals surface area contributed by atoms with Gasteiger partial charge in [-0.05, 0) is 37.0 Å². The van der Waals surface area contributed by atoms with E-state index in [9.17, 15) is 4.79 Å². The molecule has 7 nitrogen and oxygen atoms in total. The molecule has 1 amide bonds. The Morgan fingerprint density at radius 2 is 2.28 bits per heavy atom. The zero-order chi connectivity index (χ0) is 17.1. The molecule has 0 spiro atoms. The number of nitrogens with zero attached hydrogens (tertiary/aromatic N) is 3. The minimum atomic E-state index is -0.265. The minimum absolute atomic E-state index is 0.00296. The molecule has 1 N–H and O–H groups in total. The minimum Gasteiger partial charge on any atom is -0.469 e. The molecule has 2 fully saturated rings. The third-order valence-corrected chi connectivity index (χ3v) is 4.60. The third kappa shape index (κ3) is 3.99. The zero-order valence-corrected chi connectivity index (χ0v) is 14.1. The van der Waals surface area contributed by atoms with Crippen molar-refractivity contribution in [2.75, 3.05) is 31.6 Å². The van der Waals surface area contributed by atoms with Crippen molar-refractivity contribution < 1.29 is 13.9 Å². The highest BCUT2D eigenvalue weighted by Gasteiger charge is 2.31. The fraction of sp³-hybridized carbons (Fsp3) is 0.500. The molecule has 0 aromatic carbocycles. The molecule has 1 saturated carbocycles. The summed E-state index contributed by atoms with van der Waals surface area (Å²) in [7, 11) is 0. The van der Waals surface area contributed by atoms with Crippen molar-refractivity contribution in [1.29, 1.82) is 0 Å². The molecular formula is C18H22N4O3. The maximum atomic E-state index is 12.7. The standard InChI is InChI=1S/C18H22N4O3/c23-17(10-14-2-1-8-25-14)22-7-9-24-12-15(22)18-19-6-5-16(21-18)20-11-13-3-4-13/h1-2,5-6,8,13,15H,3-4,7,9-12H2,(H,19,20,21). The normalized spacial score (nSPS) is 20.5. The van der Waals surface area contributed by atoms with Gasteiger partial charge < -0.3 is 19.4 Å². The fourth-order valence-electron chi connectivity index (χ4n) is 2.98. The van der Waals surface area contributed by atoms with Gasteiger partial charge in [-0.3, -0.25) is 4.79 Å². The number of anilines is 1. The van der Waals surface area contributed by atoms with Gasteiger partial charge in [-0.15, -0.1) is 0 Å². The number of aromatic nitrogens is 2. The number of hydrogen-bond acceptors (Lipinski definition) is 6. The molecule has 1 aliphatic heterocycles. The molecule has 25 heavy (non-hydrogen) atoms. The number of carbonyl (C=O) groups excluding carboxylic acids is 1. The average Bonchev–Trinajstić information content (AvgIpc) is 3.35. The molecule has 0 radical (unpaired) electrons. The number of amides is 1. The van der Waals surface area contributed by atoms with Crippen molar-refractivity contribution in [3.8, 4) is 0 Å². The molecule has 0 bridgehead atoms. The van der Waals surface area contributed by atoms with Gasteiger partial charge in [-0.1, -0.05) is 0 Å². The van der Waals surface area contributed by atoms with Gasteiger partial charge in [0.15, 0.2) is 5.82 Å². The van der Waals surface area contributed by atoms with Crippen LogP contribution in [0.25, 0.3) is 0 Å². The van der Waals surface area contributed by atoms with E-state index in [0.717, 1.165) is 18.3 Å². The van der Waals surface area contributed by atoms with Crippen LogP contribution in [-0.2, 0) is 16.0 Å². The van der Waals surface area contributed by atoms with Crippen molar-refractivity contribution >= 4 is 11.7 Å². The van der Waals surface area contributed by atoms with Crippen LogP contribution in [0.4, 0.5) is 5.82 Å². The lowest BCUT2D eigenvalue weighted by Gasteiger charge is -2.34. The summed E-state index contributed by atoms with van der Waals surface area (Å²) in [5.74, 6) is 2.86. The Bertz CT molecular complexity index is 715. The highest BCUT2D eigenvalue weighted by Crippen LogP contribution is 2.29. The van der Waals surface area contributed by atoms with E-state index >= 15 is 0 Å². The fourth-order valence-corrected chi connectivity index (χ4v) is 2.98. The molecule has 2 aromatic rings. The first-order valence-electron chi connectivity index (χ1n) is 8.76. The van der Waals surface area contributed by atoms with Gasteiger partial charge in [0.25, 0.3) is 0 Å². The second-order valence-corrected chi connectivity index (χ2v) is 6.56. The summed E-state index contributed by atoms with van der Waals surface area (Å²) in [5.41, 5.74) is 0. The Morgan fingerprint density at radius 3 is 3.08 bits per heavy atom. The largest absolute Gasteiger partial charge is 0.469 e. The first kappa shape index (κ1) is 16.1. The molecule has 1 saturated heterocycles. The summed E-state index contributed by atoms with van der Waals surface area (Å²) in [4.78, 5) is 23.5. The lowest BCUT2D eigenvalue weighted by atomic mass is 10.1. The predicted molar refractivity (Wildman–Crippen MR) is 90.9 cm³/mol. The van der Waals surface area contributed by atoms with E-state index in [2.05, 4.69) is 15.3 Å². The van der Waals surface area contributed by atoms with Crippen molar-refractivity contribution in [2.24, 2.45) is 5.92 Å². The van der Waals surface area contributed by atoms with Crippen LogP contribution in [0.3, 0.4) is 0 Å². The van der Waals surface area contributed by atoms with Gasteiger partial charge >= 0.3 is 0 Å². The van der Waals surface area contributed by atoms with Gasteiger partial charge in [0, 0.05) is 19.3 Å². The van der Waals surface area contributed by atoms with Crippen molar-refractivity contribution in [3.05, 3.63) is 42.2 Å². The highest BCUT2D eigenvalue weighted by molar-refractivity contribution is 5.78. The molecule has 2 aromatic heterocycles. The Labute approximate surface area is 146 Å². The molecule has 4 rings (SSSR count). The van der Waals surface area contributed by atoms with Crippen molar-refractivity contribution in [2.45, 2.75) is 25.3 Å². The van der Waals surface area contributed by atoms with E-state index in [0.29, 0.717) is 31.3 Å². The van der Waals surface area contributed by atoms with E-state index in [1.165, 1.54) is 12.8 Å². The third-order valence-electron chi connectivity index (χ3n) is 4.60. The van der Waals surface area contributed by atoms with Crippen LogP contribution in [0, 0.1) is 5.92 Å². The molecule has 2 aliphatic rings. The quantitative estimate of drug-likeness (QED) is 0.865. The first-order valence-corrected chi connectivity index (χ1v) is 8.76. The van der Waals surface area contributed by atoms with Gasteiger partial charge in [-0.2, -0.15) is 0 Å². The molecule has 132 valence electrons. The second kappa shape index (κ2) is 7.23. The Balaban J connectivity index is 1.47. The summed E-state index contributed by atoms with van der Waals surface area (Å²) in [6.45, 7) is 2.42. The summed E-state index contributed by atoms with van der Waals surface area (Å²) in [6.07, 6.45) is 6.13. The summed E-state index contributed by atoms with van der Waals surface area (Å²) in [5, 5.41) is 3.36. The molecular weight excluding hydrogens is 320 g/mol. The van der Waals surface area contributed by atoms with E-state index in [1.54, 1.807) is 23.4 Å². The van der Waals surface area contributed by atoms with Crippen LogP contribution in [0.1, 0.15) is 30.5 Å². The lowest BCUT2D eigenvalue weighted by Crippen LogP contribution is -2.44. The van der Waals surface area contributed by atoms with Crippen LogP contribution >= 0.6 is 0 Å². The second-order valence-electron chi connectivity index (χ2n) is 6.56. The van der Waals surface area contributed by atoms with Crippen molar-refractivity contribution in [1.82, 2.24) is 14.9 Å². The Morgan fingerprint density at radius 1 is 1.36 bits per heavy atom. The predicted octanol–water partition coefficient (Wildman–Crippen LogP) is 2.03.